The van der Waals surface area contributed by atoms with E-state index in [4.69, 9.17) is 5.11 Å². The lowest BCUT2D eigenvalue weighted by Gasteiger charge is -2.38. The van der Waals surface area contributed by atoms with Crippen LogP contribution in [-0.2, 0) is 32.0 Å². The van der Waals surface area contributed by atoms with Gasteiger partial charge in [0.2, 0.25) is 17.7 Å². The minimum Gasteiger partial charge on any atom is -0.481 e. The van der Waals surface area contributed by atoms with Gasteiger partial charge in [-0.25, -0.2) is 0 Å². The van der Waals surface area contributed by atoms with Gasteiger partial charge >= 0.3 is 5.97 Å². The lowest BCUT2D eigenvalue weighted by atomic mass is 9.94. The first-order valence-electron chi connectivity index (χ1n) is 16.9. The van der Waals surface area contributed by atoms with Gasteiger partial charge in [0.05, 0.1) is 25.3 Å². The molecule has 2 aromatic rings. The summed E-state index contributed by atoms with van der Waals surface area (Å²) < 4.78 is 0. The summed E-state index contributed by atoms with van der Waals surface area (Å²) in [6.45, 7) is 7.42. The highest BCUT2D eigenvalue weighted by molar-refractivity contribution is 6.01. The Morgan fingerprint density at radius 3 is 1.56 bits per heavy atom. The molecule has 3 amide bonds. The molecule has 12 heteroatoms. The van der Waals surface area contributed by atoms with E-state index in [9.17, 15) is 29.4 Å². The Hall–Kier alpha value is -4.16. The summed E-state index contributed by atoms with van der Waals surface area (Å²) in [7, 11) is 3.75. The predicted octanol–water partition coefficient (Wildman–Crippen LogP) is 2.98. The summed E-state index contributed by atoms with van der Waals surface area (Å²) in [5.74, 6) is -1.43. The largest absolute Gasteiger partial charge is 0.481 e. The topological polar surface area (TPSA) is 163 Å². The number of carboxylic acid groups (broad SMARTS) is 1. The van der Waals surface area contributed by atoms with Crippen LogP contribution in [0.15, 0.2) is 36.4 Å². The van der Waals surface area contributed by atoms with Crippen molar-refractivity contribution in [3.8, 4) is 0 Å². The standard InChI is InChI=1S/C36H51N5O7/c1-21(2)33-35(47)37-25(19-42)15-23-17-27(11-13-29(23)39(33)5)41(31(44)9-7-8-10-32(45)46)28-12-14-30-24(18-28)16-26(20-43)38-36(48)34(22(3)4)40(30)6/h11-14,17-18,21-22,25-26,33-34,42-43H,7-10,15-16,19-20H2,1-6H3,(H,37,47)(H,38,48)(H,45,46)/t25-,26-,33-,34-/m0/s1. The van der Waals surface area contributed by atoms with Gasteiger partial charge in [0.15, 0.2) is 0 Å². The molecular formula is C36H51N5O7. The van der Waals surface area contributed by atoms with Crippen LogP contribution in [0, 0.1) is 11.8 Å². The molecule has 0 radical (unpaired) electrons. The van der Waals surface area contributed by atoms with Crippen molar-refractivity contribution in [2.75, 3.05) is 42.0 Å². The quantitative estimate of drug-likeness (QED) is 0.227. The van der Waals surface area contributed by atoms with Gasteiger partial charge in [-0.15, -0.1) is 0 Å². The number of aliphatic hydroxyl groups excluding tert-OH is 2. The molecule has 2 heterocycles. The number of hydrogen-bond donors (Lipinski definition) is 5. The number of fused-ring (bicyclic) bond motifs is 2. The van der Waals surface area contributed by atoms with E-state index >= 15 is 0 Å². The number of aliphatic hydroxyl groups is 2. The van der Waals surface area contributed by atoms with Gasteiger partial charge in [-0.2, -0.15) is 0 Å². The molecule has 2 aliphatic heterocycles. The Morgan fingerprint density at radius 1 is 0.771 bits per heavy atom. The minimum atomic E-state index is -0.911. The molecule has 5 N–H and O–H groups in total. The molecule has 4 atom stereocenters. The number of carbonyl (C=O) groups is 4. The molecule has 0 unspecified atom stereocenters. The molecule has 12 nitrogen and oxygen atoms in total. The summed E-state index contributed by atoms with van der Waals surface area (Å²) in [5.41, 5.74) is 4.58. The third-order valence-corrected chi connectivity index (χ3v) is 9.38. The van der Waals surface area contributed by atoms with Crippen LogP contribution in [0.2, 0.25) is 0 Å². The van der Waals surface area contributed by atoms with Crippen molar-refractivity contribution < 1.29 is 34.5 Å². The van der Waals surface area contributed by atoms with Gasteiger partial charge < -0.3 is 35.8 Å². The summed E-state index contributed by atoms with van der Waals surface area (Å²) in [5, 5.41) is 35.4. The van der Waals surface area contributed by atoms with Crippen LogP contribution >= 0.6 is 0 Å². The van der Waals surface area contributed by atoms with E-state index in [1.54, 1.807) is 4.90 Å². The summed E-state index contributed by atoms with van der Waals surface area (Å²) >= 11 is 0. The molecule has 262 valence electrons. The summed E-state index contributed by atoms with van der Waals surface area (Å²) in [6.07, 6.45) is 1.56. The lowest BCUT2D eigenvalue weighted by Crippen LogP contribution is -2.54. The molecule has 0 aliphatic carbocycles. The highest BCUT2D eigenvalue weighted by Crippen LogP contribution is 2.37. The molecule has 0 fully saturated rings. The van der Waals surface area contributed by atoms with Gasteiger partial charge in [0.1, 0.15) is 12.1 Å². The average molecular weight is 666 g/mol. The smallest absolute Gasteiger partial charge is 0.303 e. The Bertz CT molecular complexity index is 1400. The maximum atomic E-state index is 14.1. The van der Waals surface area contributed by atoms with Gasteiger partial charge in [0, 0.05) is 49.7 Å². The van der Waals surface area contributed by atoms with E-state index < -0.39 is 30.1 Å². The van der Waals surface area contributed by atoms with E-state index in [0.717, 1.165) is 22.5 Å². The zero-order valence-electron chi connectivity index (χ0n) is 28.9. The van der Waals surface area contributed by atoms with Crippen molar-refractivity contribution in [3.05, 3.63) is 47.5 Å². The van der Waals surface area contributed by atoms with Gasteiger partial charge in [-0.3, -0.25) is 24.1 Å². The van der Waals surface area contributed by atoms with Gasteiger partial charge in [0.25, 0.3) is 0 Å². The maximum absolute atomic E-state index is 14.1. The number of amides is 3. The third-order valence-electron chi connectivity index (χ3n) is 9.38. The second-order valence-electron chi connectivity index (χ2n) is 13.7. The number of benzene rings is 2. The molecule has 0 saturated carbocycles. The second kappa shape index (κ2) is 15.8. The highest BCUT2D eigenvalue weighted by Gasteiger charge is 2.35. The predicted molar refractivity (Wildman–Crippen MR) is 186 cm³/mol. The highest BCUT2D eigenvalue weighted by atomic mass is 16.4. The first-order valence-corrected chi connectivity index (χ1v) is 16.9. The number of nitrogens with zero attached hydrogens (tertiary/aromatic N) is 3. The lowest BCUT2D eigenvalue weighted by molar-refractivity contribution is -0.137. The van der Waals surface area contributed by atoms with Crippen molar-refractivity contribution in [1.82, 2.24) is 10.6 Å². The van der Waals surface area contributed by atoms with Crippen LogP contribution in [0.1, 0.15) is 64.5 Å². The maximum Gasteiger partial charge on any atom is 0.303 e. The number of carboxylic acids is 1. The van der Waals surface area contributed by atoms with E-state index in [1.807, 2.05) is 88.0 Å². The Labute approximate surface area is 283 Å². The number of hydrogen-bond acceptors (Lipinski definition) is 8. The van der Waals surface area contributed by atoms with Gasteiger partial charge in [-0.1, -0.05) is 27.7 Å². The number of likely N-dealkylation sites (N-methyl/N-ethyl adjacent to an activating group) is 2. The Balaban J connectivity index is 1.83. The minimum absolute atomic E-state index is 0.00594. The molecule has 0 saturated heterocycles. The molecular weight excluding hydrogens is 614 g/mol. The number of unbranched alkanes of at least 4 members (excludes halogenated alkanes) is 1. The summed E-state index contributed by atoms with van der Waals surface area (Å²) in [6, 6.07) is 9.43. The van der Waals surface area contributed by atoms with Crippen LogP contribution in [0.5, 0.6) is 0 Å². The number of nitrogens with one attached hydrogen (secondary N) is 2. The average Bonchev–Trinajstić information content (AvgIpc) is 3.01. The van der Waals surface area contributed by atoms with E-state index in [2.05, 4.69) is 10.6 Å². The van der Waals surface area contributed by atoms with Crippen LogP contribution < -0.4 is 25.3 Å². The second-order valence-corrected chi connectivity index (χ2v) is 13.7. The zero-order chi connectivity index (χ0) is 35.3. The van der Waals surface area contributed by atoms with E-state index in [1.165, 1.54) is 0 Å². The molecule has 2 aliphatic rings. The van der Waals surface area contributed by atoms with Crippen molar-refractivity contribution in [2.24, 2.45) is 11.8 Å². The van der Waals surface area contributed by atoms with Crippen LogP contribution in [0.25, 0.3) is 0 Å². The fourth-order valence-corrected chi connectivity index (χ4v) is 7.12. The van der Waals surface area contributed by atoms with Crippen LogP contribution in [0.4, 0.5) is 22.7 Å². The number of aliphatic carboxylic acids is 1. The molecule has 48 heavy (non-hydrogen) atoms. The third kappa shape index (κ3) is 8.10. The number of rotatable bonds is 11. The fourth-order valence-electron chi connectivity index (χ4n) is 7.12. The van der Waals surface area contributed by atoms with E-state index in [0.29, 0.717) is 37.1 Å². The molecule has 0 aromatic heterocycles. The Kier molecular flexibility index (Phi) is 12.1. The van der Waals surface area contributed by atoms with Crippen molar-refractivity contribution in [2.45, 2.75) is 90.4 Å². The molecule has 4 rings (SSSR count). The monoisotopic (exact) mass is 665 g/mol. The number of carbonyl (C=O) groups excluding carboxylic acids is 3. The summed E-state index contributed by atoms with van der Waals surface area (Å²) in [4.78, 5) is 57.0. The first kappa shape index (κ1) is 36.7. The normalized spacial score (nSPS) is 21.4. The van der Waals surface area contributed by atoms with Crippen LogP contribution in [0.3, 0.4) is 0 Å². The number of anilines is 4. The zero-order valence-corrected chi connectivity index (χ0v) is 28.9. The fraction of sp³-hybridized carbons (Fsp3) is 0.556. The van der Waals surface area contributed by atoms with Crippen molar-refractivity contribution >= 4 is 46.4 Å². The SMILES string of the molecule is CC(C)[C@H]1C(=O)N[C@H](CO)Cc2cc(N(C(=O)CCCCC(=O)O)c3ccc4c(c3)C[C@@H](CO)NC(=O)[C@H](C(C)C)N4C)ccc2N1C. The first-order chi connectivity index (χ1) is 22.8. The molecule has 0 spiro atoms. The van der Waals surface area contributed by atoms with Crippen molar-refractivity contribution in [1.29, 1.82) is 0 Å². The van der Waals surface area contributed by atoms with Crippen molar-refractivity contribution in [3.63, 3.8) is 0 Å². The Morgan fingerprint density at radius 2 is 1.19 bits per heavy atom. The van der Waals surface area contributed by atoms with E-state index in [-0.39, 0.29) is 55.6 Å². The molecule has 2 aromatic carbocycles. The van der Waals surface area contributed by atoms with Gasteiger partial charge in [-0.05, 0) is 85.0 Å². The van der Waals surface area contributed by atoms with Crippen LogP contribution in [-0.4, -0.2) is 90.5 Å². The molecule has 0 bridgehead atoms.